The van der Waals surface area contributed by atoms with Gasteiger partial charge in [-0.1, -0.05) is 32.5 Å². The van der Waals surface area contributed by atoms with Crippen molar-refractivity contribution in [2.75, 3.05) is 26.0 Å². The summed E-state index contributed by atoms with van der Waals surface area (Å²) in [5, 5.41) is 12.8. The van der Waals surface area contributed by atoms with E-state index in [0.29, 0.717) is 29.7 Å². The highest BCUT2D eigenvalue weighted by Gasteiger charge is 2.27. The van der Waals surface area contributed by atoms with E-state index in [1.807, 2.05) is 26.8 Å². The van der Waals surface area contributed by atoms with Crippen molar-refractivity contribution >= 4 is 17.7 Å². The van der Waals surface area contributed by atoms with Gasteiger partial charge in [-0.25, -0.2) is 9.37 Å². The molecule has 1 unspecified atom stereocenters. The molecule has 10 heteroatoms. The van der Waals surface area contributed by atoms with Crippen LogP contribution in [0.2, 0.25) is 0 Å². The Balaban J connectivity index is 1.93. The fourth-order valence-corrected chi connectivity index (χ4v) is 4.38. The molecule has 1 atom stereocenters. The topological polar surface area (TPSA) is 110 Å². The summed E-state index contributed by atoms with van der Waals surface area (Å²) in [6.07, 6.45) is 1.45. The van der Waals surface area contributed by atoms with Gasteiger partial charge in [0.2, 0.25) is 5.91 Å². The summed E-state index contributed by atoms with van der Waals surface area (Å²) in [6.45, 7) is 6.24. The molecule has 0 spiro atoms. The van der Waals surface area contributed by atoms with Gasteiger partial charge in [0.25, 0.3) is 5.56 Å². The average molecular weight is 446 g/mol. The van der Waals surface area contributed by atoms with Crippen LogP contribution in [0.25, 0.3) is 11.3 Å². The number of carbonyl (C=O) groups excluding carboxylic acids is 1. The Labute approximate surface area is 183 Å². The van der Waals surface area contributed by atoms with Gasteiger partial charge in [-0.2, -0.15) is 5.26 Å². The van der Waals surface area contributed by atoms with Crippen molar-refractivity contribution in [3.05, 3.63) is 39.7 Å². The number of halogens is 1. The molecule has 0 saturated heterocycles. The third-order valence-corrected chi connectivity index (χ3v) is 6.03. The standard InChI is InChI=1S/C21H24FN5O3S/c1-21(2,3)18-15(22)5-13(8-25-18)17-14(6-23)19(29)27-9-12(11-31-20(27)26-17)7-24-16(28)10-30-4/h5,8,12H,7,9-11H2,1-4H3,(H,24,28). The number of hydrogen-bond acceptors (Lipinski definition) is 7. The molecule has 0 bridgehead atoms. The smallest absolute Gasteiger partial charge is 0.272 e. The van der Waals surface area contributed by atoms with E-state index in [4.69, 9.17) is 4.74 Å². The van der Waals surface area contributed by atoms with Crippen LogP contribution in [0.3, 0.4) is 0 Å². The van der Waals surface area contributed by atoms with Crippen molar-refractivity contribution in [2.24, 2.45) is 5.92 Å². The molecule has 3 heterocycles. The molecule has 3 rings (SSSR count). The lowest BCUT2D eigenvalue weighted by atomic mass is 9.90. The molecule has 164 valence electrons. The number of thioether (sulfide) groups is 1. The van der Waals surface area contributed by atoms with Crippen LogP contribution in [-0.4, -0.2) is 46.5 Å². The number of carbonyl (C=O) groups is 1. The van der Waals surface area contributed by atoms with Crippen molar-refractivity contribution in [1.82, 2.24) is 19.9 Å². The van der Waals surface area contributed by atoms with Crippen molar-refractivity contribution in [3.63, 3.8) is 0 Å². The summed E-state index contributed by atoms with van der Waals surface area (Å²) >= 11 is 1.36. The van der Waals surface area contributed by atoms with E-state index in [1.165, 1.54) is 35.7 Å². The van der Waals surface area contributed by atoms with E-state index in [-0.39, 0.29) is 35.3 Å². The molecule has 0 aromatic carbocycles. The van der Waals surface area contributed by atoms with Crippen molar-refractivity contribution in [1.29, 1.82) is 5.26 Å². The van der Waals surface area contributed by atoms with Gasteiger partial charge in [0.1, 0.15) is 24.1 Å². The summed E-state index contributed by atoms with van der Waals surface area (Å²) in [4.78, 5) is 33.3. The second-order valence-electron chi connectivity index (χ2n) is 8.36. The zero-order valence-corrected chi connectivity index (χ0v) is 18.7. The zero-order valence-electron chi connectivity index (χ0n) is 17.9. The molecule has 1 N–H and O–H groups in total. The number of methoxy groups -OCH3 is 1. The molecule has 0 aliphatic carbocycles. The number of amides is 1. The molecule has 2 aromatic heterocycles. The Morgan fingerprint density at radius 3 is 2.84 bits per heavy atom. The number of rotatable bonds is 5. The highest BCUT2D eigenvalue weighted by atomic mass is 32.2. The molecule has 1 amide bonds. The van der Waals surface area contributed by atoms with Crippen LogP contribution in [0.5, 0.6) is 0 Å². The maximum atomic E-state index is 14.7. The SMILES string of the molecule is COCC(=O)NCC1CSc2nc(-c3cnc(C(C)(C)C)c(F)c3)c(C#N)c(=O)n2C1. The number of aromatic nitrogens is 3. The normalized spacial score (nSPS) is 15.8. The summed E-state index contributed by atoms with van der Waals surface area (Å²) in [5.74, 6) is -0.0980. The van der Waals surface area contributed by atoms with Crippen LogP contribution >= 0.6 is 11.8 Å². The largest absolute Gasteiger partial charge is 0.375 e. The Kier molecular flexibility index (Phi) is 6.77. The van der Waals surface area contributed by atoms with Crippen LogP contribution < -0.4 is 10.9 Å². The minimum absolute atomic E-state index is 0.000351. The average Bonchev–Trinajstić information content (AvgIpc) is 2.71. The van der Waals surface area contributed by atoms with Crippen molar-refractivity contribution in [2.45, 2.75) is 37.9 Å². The van der Waals surface area contributed by atoms with Gasteiger partial charge in [-0.3, -0.25) is 19.1 Å². The first-order valence-corrected chi connectivity index (χ1v) is 10.7. The predicted molar refractivity (Wildman–Crippen MR) is 114 cm³/mol. The number of ether oxygens (including phenoxy) is 1. The Morgan fingerprint density at radius 1 is 1.48 bits per heavy atom. The third-order valence-electron chi connectivity index (χ3n) is 4.82. The fourth-order valence-electron chi connectivity index (χ4n) is 3.30. The molecular weight excluding hydrogens is 421 g/mol. The fraction of sp³-hybridized carbons (Fsp3) is 0.476. The zero-order chi connectivity index (χ0) is 22.8. The van der Waals surface area contributed by atoms with Gasteiger partial charge in [-0.05, 0) is 6.07 Å². The van der Waals surface area contributed by atoms with Crippen LogP contribution in [0.1, 0.15) is 32.0 Å². The van der Waals surface area contributed by atoms with Gasteiger partial charge in [0, 0.05) is 49.0 Å². The quantitative estimate of drug-likeness (QED) is 0.702. The number of fused-ring (bicyclic) bond motifs is 1. The van der Waals surface area contributed by atoms with Gasteiger partial charge < -0.3 is 10.1 Å². The Hall–Kier alpha value is -2.77. The summed E-state index contributed by atoms with van der Waals surface area (Å²) < 4.78 is 20.9. The maximum Gasteiger partial charge on any atom is 0.272 e. The number of nitrogens with zero attached hydrogens (tertiary/aromatic N) is 4. The molecule has 0 radical (unpaired) electrons. The van der Waals surface area contributed by atoms with Gasteiger partial charge in [0.15, 0.2) is 5.16 Å². The van der Waals surface area contributed by atoms with E-state index in [1.54, 1.807) is 0 Å². The van der Waals surface area contributed by atoms with E-state index in [0.717, 1.165) is 0 Å². The van der Waals surface area contributed by atoms with E-state index >= 15 is 0 Å². The lowest BCUT2D eigenvalue weighted by Gasteiger charge is -2.26. The third kappa shape index (κ3) is 4.94. The maximum absolute atomic E-state index is 14.7. The first-order chi connectivity index (χ1) is 14.7. The minimum atomic E-state index is -0.506. The number of nitrogens with one attached hydrogen (secondary N) is 1. The van der Waals surface area contributed by atoms with Crippen LogP contribution in [0.4, 0.5) is 4.39 Å². The molecular formula is C21H24FN5O3S. The summed E-state index contributed by atoms with van der Waals surface area (Å²) in [7, 11) is 1.44. The predicted octanol–water partition coefficient (Wildman–Crippen LogP) is 2.10. The van der Waals surface area contributed by atoms with Crippen molar-refractivity contribution < 1.29 is 13.9 Å². The number of nitriles is 1. The van der Waals surface area contributed by atoms with Crippen molar-refractivity contribution in [3.8, 4) is 17.3 Å². The molecule has 1 aliphatic heterocycles. The lowest BCUT2D eigenvalue weighted by molar-refractivity contribution is -0.124. The van der Waals surface area contributed by atoms with Crippen LogP contribution in [0.15, 0.2) is 22.2 Å². The first-order valence-electron chi connectivity index (χ1n) is 9.75. The van der Waals surface area contributed by atoms with E-state index in [2.05, 4.69) is 15.3 Å². The molecule has 31 heavy (non-hydrogen) atoms. The molecule has 2 aromatic rings. The lowest BCUT2D eigenvalue weighted by Crippen LogP contribution is -2.39. The second kappa shape index (κ2) is 9.16. The number of pyridine rings is 1. The second-order valence-corrected chi connectivity index (χ2v) is 9.35. The summed E-state index contributed by atoms with van der Waals surface area (Å²) in [5.41, 5.74) is -0.395. The van der Waals surface area contributed by atoms with Crippen LogP contribution in [0, 0.1) is 23.1 Å². The monoisotopic (exact) mass is 445 g/mol. The molecule has 8 nitrogen and oxygen atoms in total. The van der Waals surface area contributed by atoms with Gasteiger partial charge in [-0.15, -0.1) is 0 Å². The van der Waals surface area contributed by atoms with E-state index in [9.17, 15) is 19.2 Å². The Bertz CT molecular complexity index is 1100. The molecule has 0 saturated carbocycles. The first kappa shape index (κ1) is 22.9. The highest BCUT2D eigenvalue weighted by molar-refractivity contribution is 7.99. The highest BCUT2D eigenvalue weighted by Crippen LogP contribution is 2.30. The van der Waals surface area contributed by atoms with Gasteiger partial charge >= 0.3 is 0 Å². The summed E-state index contributed by atoms with van der Waals surface area (Å²) in [6, 6.07) is 3.19. The van der Waals surface area contributed by atoms with Crippen LogP contribution in [-0.2, 0) is 21.5 Å². The Morgan fingerprint density at radius 2 is 2.23 bits per heavy atom. The molecule has 1 aliphatic rings. The van der Waals surface area contributed by atoms with E-state index < -0.39 is 16.8 Å². The molecule has 0 fully saturated rings. The van der Waals surface area contributed by atoms with Gasteiger partial charge in [0.05, 0.1) is 11.4 Å². The minimum Gasteiger partial charge on any atom is -0.375 e. The number of hydrogen-bond donors (Lipinski definition) is 1.